The summed E-state index contributed by atoms with van der Waals surface area (Å²) < 4.78 is 52.1. The molecule has 0 spiro atoms. The van der Waals surface area contributed by atoms with Crippen LogP contribution in [-0.2, 0) is 41.2 Å². The molecule has 230 valence electrons. The number of benzene rings is 1. The number of rotatable bonds is 15. The molecule has 3 N–H and O–H groups in total. The van der Waals surface area contributed by atoms with Gasteiger partial charge in [-0.2, -0.15) is 0 Å². The van der Waals surface area contributed by atoms with E-state index in [-0.39, 0.29) is 36.7 Å². The number of esters is 2. The van der Waals surface area contributed by atoms with Crippen LogP contribution in [0, 0.1) is 5.82 Å². The summed E-state index contributed by atoms with van der Waals surface area (Å²) in [4.78, 5) is 37.7. The zero-order chi connectivity index (χ0) is 31.1. The van der Waals surface area contributed by atoms with E-state index >= 15 is 0 Å². The van der Waals surface area contributed by atoms with Crippen molar-refractivity contribution < 1.29 is 37.3 Å². The number of aromatic nitrogens is 4. The highest BCUT2D eigenvalue weighted by atomic mass is 31.2. The lowest BCUT2D eigenvalue weighted by atomic mass is 10.1. The van der Waals surface area contributed by atoms with Crippen LogP contribution >= 0.6 is 7.52 Å². The predicted molar refractivity (Wildman–Crippen MR) is 153 cm³/mol. The number of nitrogens with two attached hydrogens (primary N) is 1. The van der Waals surface area contributed by atoms with Crippen LogP contribution in [0.2, 0.25) is 0 Å². The van der Waals surface area contributed by atoms with Gasteiger partial charge in [-0.05, 0) is 58.7 Å². The number of hydrogen-bond donors (Lipinski definition) is 2. The third-order valence-corrected chi connectivity index (χ3v) is 7.81. The molecule has 42 heavy (non-hydrogen) atoms. The SMILES string of the molecule is CCCOC(=O)C(C)(C)NP(=O)(CO[C@H](C)Cn1cnc2c(N)ncnc21)OCc1ccc(F)cc1C(=O)OC(C)C. The minimum Gasteiger partial charge on any atom is -0.464 e. The Bertz CT molecular complexity index is 1450. The van der Waals surface area contributed by atoms with E-state index in [1.54, 1.807) is 31.7 Å². The highest BCUT2D eigenvalue weighted by Gasteiger charge is 2.39. The first-order chi connectivity index (χ1) is 19.7. The van der Waals surface area contributed by atoms with Crippen molar-refractivity contribution in [3.05, 3.63) is 47.8 Å². The molecular formula is C27H38FN6O7P. The Labute approximate surface area is 243 Å². The summed E-state index contributed by atoms with van der Waals surface area (Å²) in [5.41, 5.74) is 5.56. The second kappa shape index (κ2) is 14.1. The van der Waals surface area contributed by atoms with Gasteiger partial charge in [-0.1, -0.05) is 13.0 Å². The third-order valence-electron chi connectivity index (χ3n) is 5.87. The third kappa shape index (κ3) is 8.78. The molecule has 0 aliphatic rings. The number of ether oxygens (including phenoxy) is 3. The average Bonchev–Trinajstić information content (AvgIpc) is 3.33. The van der Waals surface area contributed by atoms with Gasteiger partial charge in [0.15, 0.2) is 11.5 Å². The Morgan fingerprint density at radius 3 is 2.62 bits per heavy atom. The zero-order valence-electron chi connectivity index (χ0n) is 24.6. The van der Waals surface area contributed by atoms with E-state index in [4.69, 9.17) is 24.5 Å². The van der Waals surface area contributed by atoms with Crippen LogP contribution in [0.4, 0.5) is 10.2 Å². The van der Waals surface area contributed by atoms with Crippen molar-refractivity contribution in [2.45, 2.75) is 78.9 Å². The number of nitrogens with one attached hydrogen (secondary N) is 1. The molecule has 0 bridgehead atoms. The van der Waals surface area contributed by atoms with E-state index in [1.165, 1.54) is 26.2 Å². The first-order valence-corrected chi connectivity index (χ1v) is 15.3. The molecule has 0 radical (unpaired) electrons. The highest BCUT2D eigenvalue weighted by Crippen LogP contribution is 2.46. The van der Waals surface area contributed by atoms with Crippen molar-refractivity contribution in [1.29, 1.82) is 0 Å². The molecule has 13 nitrogen and oxygen atoms in total. The average molecular weight is 609 g/mol. The smallest absolute Gasteiger partial charge is 0.338 e. The maximum Gasteiger partial charge on any atom is 0.338 e. The van der Waals surface area contributed by atoms with Crippen molar-refractivity contribution >= 4 is 36.4 Å². The van der Waals surface area contributed by atoms with Crippen molar-refractivity contribution in [1.82, 2.24) is 24.6 Å². The van der Waals surface area contributed by atoms with Gasteiger partial charge in [0.2, 0.25) is 0 Å². The van der Waals surface area contributed by atoms with Gasteiger partial charge >= 0.3 is 11.9 Å². The lowest BCUT2D eigenvalue weighted by molar-refractivity contribution is -0.149. The number of carbonyl (C=O) groups excluding carboxylic acids is 2. The van der Waals surface area contributed by atoms with E-state index in [1.807, 2.05) is 6.92 Å². The molecule has 2 aromatic heterocycles. The highest BCUT2D eigenvalue weighted by molar-refractivity contribution is 7.56. The Morgan fingerprint density at radius 1 is 1.19 bits per heavy atom. The van der Waals surface area contributed by atoms with Crippen molar-refractivity contribution in [2.24, 2.45) is 0 Å². The maximum atomic E-state index is 14.2. The molecule has 0 aliphatic carbocycles. The fraction of sp³-hybridized carbons (Fsp3) is 0.519. The second-order valence-electron chi connectivity index (χ2n) is 10.5. The maximum absolute atomic E-state index is 14.2. The molecule has 15 heteroatoms. The molecule has 0 fully saturated rings. The van der Waals surface area contributed by atoms with Crippen LogP contribution < -0.4 is 10.8 Å². The van der Waals surface area contributed by atoms with Crippen LogP contribution in [0.25, 0.3) is 11.2 Å². The minimum atomic E-state index is -3.97. The number of carbonyl (C=O) groups is 2. The van der Waals surface area contributed by atoms with Crippen LogP contribution in [0.3, 0.4) is 0 Å². The monoisotopic (exact) mass is 608 g/mol. The van der Waals surface area contributed by atoms with E-state index in [2.05, 4.69) is 20.0 Å². The van der Waals surface area contributed by atoms with E-state index in [0.717, 1.165) is 12.1 Å². The van der Waals surface area contributed by atoms with Gasteiger partial charge in [0.25, 0.3) is 7.52 Å². The van der Waals surface area contributed by atoms with Crippen molar-refractivity contribution in [2.75, 3.05) is 18.7 Å². The molecule has 0 saturated heterocycles. The molecule has 2 heterocycles. The number of nitrogens with zero attached hydrogens (tertiary/aromatic N) is 4. The van der Waals surface area contributed by atoms with Crippen molar-refractivity contribution in [3.8, 4) is 0 Å². The summed E-state index contributed by atoms with van der Waals surface area (Å²) in [6, 6.07) is 3.52. The Kier molecular flexibility index (Phi) is 11.1. The number of hydrogen-bond acceptors (Lipinski definition) is 11. The summed E-state index contributed by atoms with van der Waals surface area (Å²) in [5, 5.41) is 2.78. The first kappa shape index (κ1) is 33.1. The van der Waals surface area contributed by atoms with Crippen LogP contribution in [0.1, 0.15) is 63.9 Å². The second-order valence-corrected chi connectivity index (χ2v) is 12.6. The molecule has 0 aliphatic heterocycles. The number of nitrogen functional groups attached to an aromatic ring is 1. The Hall–Kier alpha value is -3.45. The van der Waals surface area contributed by atoms with Crippen LogP contribution in [0.5, 0.6) is 0 Å². The van der Waals surface area contributed by atoms with E-state index in [0.29, 0.717) is 17.6 Å². The zero-order valence-corrected chi connectivity index (χ0v) is 25.5. The predicted octanol–water partition coefficient (Wildman–Crippen LogP) is 4.21. The van der Waals surface area contributed by atoms with E-state index in [9.17, 15) is 18.5 Å². The topological polar surface area (TPSA) is 170 Å². The van der Waals surface area contributed by atoms with Crippen LogP contribution in [0.15, 0.2) is 30.9 Å². The molecule has 0 amide bonds. The molecule has 3 rings (SSSR count). The number of anilines is 1. The molecular weight excluding hydrogens is 570 g/mol. The van der Waals surface area contributed by atoms with Gasteiger partial charge in [-0.3, -0.25) is 9.36 Å². The molecule has 0 saturated carbocycles. The normalized spacial score (nSPS) is 14.1. The number of halogens is 1. The van der Waals surface area contributed by atoms with Gasteiger partial charge in [-0.15, -0.1) is 0 Å². The van der Waals surface area contributed by atoms with Gasteiger partial charge in [0.05, 0.1) is 43.9 Å². The Morgan fingerprint density at radius 2 is 1.93 bits per heavy atom. The first-order valence-electron chi connectivity index (χ1n) is 13.5. The molecule has 2 atom stereocenters. The quantitative estimate of drug-likeness (QED) is 0.186. The lowest BCUT2D eigenvalue weighted by Gasteiger charge is -2.30. The van der Waals surface area contributed by atoms with Crippen LogP contribution in [-0.4, -0.2) is 62.2 Å². The number of imidazole rings is 1. The standard InChI is InChI=1S/C27H38FN6O7P/c1-7-10-38-26(36)27(5,6)33-42(37,40-13-19-8-9-20(28)11-21(19)25(35)41-17(2)3)16-39-18(4)12-34-15-32-22-23(29)30-14-31-24(22)34/h8-9,11,14-15,17-18H,7,10,12-13,16H2,1-6H3,(H,33,37)(H2,29,30,31)/t18-,42?/m1/s1. The largest absolute Gasteiger partial charge is 0.464 e. The fourth-order valence-electron chi connectivity index (χ4n) is 3.85. The summed E-state index contributed by atoms with van der Waals surface area (Å²) in [6.45, 7) is 10.0. The lowest BCUT2D eigenvalue weighted by Crippen LogP contribution is -2.47. The van der Waals surface area contributed by atoms with Gasteiger partial charge in [0, 0.05) is 0 Å². The van der Waals surface area contributed by atoms with Crippen molar-refractivity contribution in [3.63, 3.8) is 0 Å². The Balaban J connectivity index is 1.81. The van der Waals surface area contributed by atoms with Gasteiger partial charge in [-0.25, -0.2) is 29.2 Å². The van der Waals surface area contributed by atoms with Gasteiger partial charge in [0.1, 0.15) is 29.5 Å². The summed E-state index contributed by atoms with van der Waals surface area (Å²) in [6.07, 6.45) is 2.07. The summed E-state index contributed by atoms with van der Waals surface area (Å²) in [5.74, 6) is -1.79. The fourth-order valence-corrected chi connectivity index (χ4v) is 5.80. The molecule has 1 unspecified atom stereocenters. The van der Waals surface area contributed by atoms with Gasteiger partial charge < -0.3 is 29.0 Å². The number of fused-ring (bicyclic) bond motifs is 1. The summed E-state index contributed by atoms with van der Waals surface area (Å²) >= 11 is 0. The molecule has 3 aromatic rings. The minimum absolute atomic E-state index is 0.0700. The summed E-state index contributed by atoms with van der Waals surface area (Å²) in [7, 11) is -3.97. The molecule has 1 aromatic carbocycles. The van der Waals surface area contributed by atoms with E-state index < -0.39 is 49.4 Å².